The van der Waals surface area contributed by atoms with Crippen molar-refractivity contribution in [3.8, 4) is 5.75 Å². The molecule has 8 heteroatoms. The molecular formula is C10H10F3NO3S. The highest BCUT2D eigenvalue weighted by molar-refractivity contribution is 7.92. The number of ether oxygens (including phenoxy) is 1. The van der Waals surface area contributed by atoms with Gasteiger partial charge in [-0.3, -0.25) is 0 Å². The predicted octanol–water partition coefficient (Wildman–Crippen LogP) is 2.40. The smallest absolute Gasteiger partial charge is 0.406 e. The van der Waals surface area contributed by atoms with Crippen LogP contribution >= 0.6 is 0 Å². The highest BCUT2D eigenvalue weighted by Gasteiger charge is 2.31. The van der Waals surface area contributed by atoms with Gasteiger partial charge in [-0.15, -0.1) is 13.2 Å². The Balaban J connectivity index is 2.93. The average Bonchev–Trinajstić information content (AvgIpc) is 2.13. The van der Waals surface area contributed by atoms with E-state index in [0.29, 0.717) is 0 Å². The topological polar surface area (TPSA) is 67.2 Å². The van der Waals surface area contributed by atoms with E-state index in [2.05, 4.69) is 4.74 Å². The van der Waals surface area contributed by atoms with Gasteiger partial charge in [0.25, 0.3) is 0 Å². The summed E-state index contributed by atoms with van der Waals surface area (Å²) in [6.07, 6.45) is -4.81. The van der Waals surface area contributed by atoms with E-state index in [0.717, 1.165) is 24.3 Å². The van der Waals surface area contributed by atoms with Gasteiger partial charge in [0.15, 0.2) is 9.84 Å². The van der Waals surface area contributed by atoms with Crippen LogP contribution in [-0.2, 0) is 9.84 Å². The van der Waals surface area contributed by atoms with Gasteiger partial charge in [-0.2, -0.15) is 0 Å². The summed E-state index contributed by atoms with van der Waals surface area (Å²) in [5.41, 5.74) is -0.0504. The summed E-state index contributed by atoms with van der Waals surface area (Å²) in [6.45, 7) is 1.33. The first-order chi connectivity index (χ1) is 8.10. The van der Waals surface area contributed by atoms with Gasteiger partial charge in [0, 0.05) is 5.71 Å². The normalized spacial score (nSPS) is 12.2. The highest BCUT2D eigenvalue weighted by atomic mass is 32.2. The number of halogens is 3. The molecule has 0 aromatic heterocycles. The molecule has 18 heavy (non-hydrogen) atoms. The zero-order valence-corrected chi connectivity index (χ0v) is 10.1. The van der Waals surface area contributed by atoms with Crippen molar-refractivity contribution < 1.29 is 26.3 Å². The lowest BCUT2D eigenvalue weighted by molar-refractivity contribution is -0.274. The van der Waals surface area contributed by atoms with Crippen molar-refractivity contribution in [2.75, 3.05) is 5.75 Å². The molecule has 0 bridgehead atoms. The Bertz CT molecular complexity index is 534. The molecule has 0 atom stereocenters. The van der Waals surface area contributed by atoms with Crippen molar-refractivity contribution in [2.24, 2.45) is 0 Å². The molecule has 0 amide bonds. The summed E-state index contributed by atoms with van der Waals surface area (Å²) in [4.78, 5) is -0.149. The first-order valence-electron chi connectivity index (χ1n) is 4.73. The third kappa shape index (κ3) is 4.36. The molecule has 0 aliphatic carbocycles. The molecule has 1 aromatic rings. The maximum Gasteiger partial charge on any atom is 0.573 e. The quantitative estimate of drug-likeness (QED) is 0.862. The minimum Gasteiger partial charge on any atom is -0.406 e. The Hall–Kier alpha value is -1.57. The highest BCUT2D eigenvalue weighted by Crippen LogP contribution is 2.24. The molecule has 0 aliphatic rings. The van der Waals surface area contributed by atoms with Gasteiger partial charge < -0.3 is 10.1 Å². The van der Waals surface area contributed by atoms with E-state index >= 15 is 0 Å². The van der Waals surface area contributed by atoms with Crippen molar-refractivity contribution in [3.63, 3.8) is 0 Å². The van der Waals surface area contributed by atoms with Crippen LogP contribution in [-0.4, -0.2) is 26.2 Å². The van der Waals surface area contributed by atoms with E-state index in [-0.39, 0.29) is 10.6 Å². The number of hydrogen-bond donors (Lipinski definition) is 1. The van der Waals surface area contributed by atoms with Crippen molar-refractivity contribution >= 4 is 15.5 Å². The Morgan fingerprint density at radius 3 is 2.17 bits per heavy atom. The predicted molar refractivity (Wildman–Crippen MR) is 58.6 cm³/mol. The second-order valence-electron chi connectivity index (χ2n) is 3.56. The number of benzene rings is 1. The lowest BCUT2D eigenvalue weighted by Crippen LogP contribution is -2.17. The summed E-state index contributed by atoms with van der Waals surface area (Å²) < 4.78 is 62.5. The van der Waals surface area contributed by atoms with Crippen LogP contribution in [0.15, 0.2) is 29.2 Å². The fraction of sp³-hybridized carbons (Fsp3) is 0.300. The molecule has 0 heterocycles. The van der Waals surface area contributed by atoms with E-state index in [1.807, 2.05) is 0 Å². The number of hydrogen-bond acceptors (Lipinski definition) is 4. The van der Waals surface area contributed by atoms with Gasteiger partial charge >= 0.3 is 6.36 Å². The van der Waals surface area contributed by atoms with E-state index < -0.39 is 27.7 Å². The van der Waals surface area contributed by atoms with Gasteiger partial charge in [-0.05, 0) is 31.2 Å². The van der Waals surface area contributed by atoms with Gasteiger partial charge in [0.1, 0.15) is 5.75 Å². The Kier molecular flexibility index (Phi) is 4.00. The number of alkyl halides is 3. The molecule has 0 spiro atoms. The molecule has 1 aromatic carbocycles. The minimum absolute atomic E-state index is 0.0504. The minimum atomic E-state index is -4.81. The summed E-state index contributed by atoms with van der Waals surface area (Å²) >= 11 is 0. The molecule has 4 nitrogen and oxygen atoms in total. The molecule has 1 N–H and O–H groups in total. The first-order valence-corrected chi connectivity index (χ1v) is 6.38. The Morgan fingerprint density at radius 2 is 1.78 bits per heavy atom. The maximum atomic E-state index is 11.9. The van der Waals surface area contributed by atoms with Crippen LogP contribution in [0, 0.1) is 5.41 Å². The molecular weight excluding hydrogens is 271 g/mol. The fourth-order valence-electron chi connectivity index (χ4n) is 1.22. The maximum absolute atomic E-state index is 11.9. The number of sulfone groups is 1. The summed E-state index contributed by atoms with van der Waals surface area (Å²) in [6, 6.07) is 3.86. The SMILES string of the molecule is CC(=N)CS(=O)(=O)c1ccc(OC(F)(F)F)cc1. The summed E-state index contributed by atoms with van der Waals surface area (Å²) in [5.74, 6) is -0.958. The third-order valence-corrected chi connectivity index (χ3v) is 3.63. The van der Waals surface area contributed by atoms with Crippen molar-refractivity contribution in [1.29, 1.82) is 5.41 Å². The van der Waals surface area contributed by atoms with Gasteiger partial charge in [0.2, 0.25) is 0 Å². The lowest BCUT2D eigenvalue weighted by atomic mass is 10.3. The zero-order chi connectivity index (χ0) is 14.0. The van der Waals surface area contributed by atoms with Crippen LogP contribution in [0.3, 0.4) is 0 Å². The fourth-order valence-corrected chi connectivity index (χ4v) is 2.50. The summed E-state index contributed by atoms with van der Waals surface area (Å²) in [7, 11) is -3.68. The standard InChI is InChI=1S/C10H10F3NO3S/c1-7(14)6-18(15,16)9-4-2-8(3-5-9)17-10(11,12)13/h2-5,14H,6H2,1H3. The van der Waals surface area contributed by atoms with E-state index in [4.69, 9.17) is 5.41 Å². The first kappa shape index (κ1) is 14.5. The molecule has 1 rings (SSSR count). The van der Waals surface area contributed by atoms with Gasteiger partial charge in [-0.1, -0.05) is 0 Å². The van der Waals surface area contributed by atoms with Crippen LogP contribution < -0.4 is 4.74 Å². The second-order valence-corrected chi connectivity index (χ2v) is 5.55. The lowest BCUT2D eigenvalue weighted by Gasteiger charge is -2.09. The van der Waals surface area contributed by atoms with Crippen LogP contribution in [0.25, 0.3) is 0 Å². The third-order valence-electron chi connectivity index (χ3n) is 1.82. The second kappa shape index (κ2) is 4.97. The van der Waals surface area contributed by atoms with Crippen molar-refractivity contribution in [1.82, 2.24) is 0 Å². The van der Waals surface area contributed by atoms with Crippen LogP contribution in [0.2, 0.25) is 0 Å². The molecule has 0 saturated heterocycles. The number of rotatable bonds is 4. The van der Waals surface area contributed by atoms with E-state index in [1.54, 1.807) is 0 Å². The van der Waals surface area contributed by atoms with E-state index in [9.17, 15) is 21.6 Å². The Labute approximate surface area is 102 Å². The van der Waals surface area contributed by atoms with Crippen LogP contribution in [0.5, 0.6) is 5.75 Å². The van der Waals surface area contributed by atoms with Gasteiger partial charge in [-0.25, -0.2) is 8.42 Å². The zero-order valence-electron chi connectivity index (χ0n) is 9.28. The van der Waals surface area contributed by atoms with Crippen molar-refractivity contribution in [3.05, 3.63) is 24.3 Å². The van der Waals surface area contributed by atoms with E-state index in [1.165, 1.54) is 6.92 Å². The van der Waals surface area contributed by atoms with Gasteiger partial charge in [0.05, 0.1) is 10.6 Å². The van der Waals surface area contributed by atoms with Crippen molar-refractivity contribution in [2.45, 2.75) is 18.2 Å². The molecule has 0 saturated carbocycles. The summed E-state index contributed by atoms with van der Waals surface area (Å²) in [5, 5.41) is 7.11. The van der Waals surface area contributed by atoms with Crippen LogP contribution in [0.1, 0.15) is 6.92 Å². The molecule has 0 unspecified atom stereocenters. The largest absolute Gasteiger partial charge is 0.573 e. The van der Waals surface area contributed by atoms with Crippen LogP contribution in [0.4, 0.5) is 13.2 Å². The molecule has 0 fully saturated rings. The molecule has 100 valence electrons. The molecule has 0 aliphatic heterocycles. The number of nitrogens with one attached hydrogen (secondary N) is 1. The Morgan fingerprint density at radius 1 is 1.28 bits per heavy atom. The molecule has 0 radical (unpaired) electrons. The average molecular weight is 281 g/mol. The monoisotopic (exact) mass is 281 g/mol.